The molecule has 4 heteroatoms. The first-order valence-electron chi connectivity index (χ1n) is 7.09. The van der Waals surface area contributed by atoms with Gasteiger partial charge in [0.05, 0.1) is 18.8 Å². The fourth-order valence-electron chi connectivity index (χ4n) is 2.37. The van der Waals surface area contributed by atoms with Crippen LogP contribution >= 0.6 is 11.3 Å². The predicted octanol–water partition coefficient (Wildman–Crippen LogP) is 3.90. The zero-order valence-electron chi connectivity index (χ0n) is 11.7. The smallest absolute Gasteiger partial charge is 0.144 e. The fraction of sp³-hybridized carbons (Fsp3) is 0.375. The molecule has 1 aromatic carbocycles. The van der Waals surface area contributed by atoms with Gasteiger partial charge in [-0.1, -0.05) is 6.07 Å². The molecular formula is C16H20N2OS. The van der Waals surface area contributed by atoms with Crippen LogP contribution in [0.5, 0.6) is 5.75 Å². The second-order valence-electron chi connectivity index (χ2n) is 5.09. The van der Waals surface area contributed by atoms with E-state index in [1.54, 1.807) is 0 Å². The van der Waals surface area contributed by atoms with Crippen molar-refractivity contribution in [2.75, 3.05) is 17.2 Å². The molecule has 0 saturated heterocycles. The lowest BCUT2D eigenvalue weighted by Gasteiger charge is -2.25. The molecule has 0 unspecified atom stereocenters. The SMILES string of the molecule is CCOc1cc(N(Cc2cccs2)C2CC2)ccc1N. The van der Waals surface area contributed by atoms with Crippen molar-refractivity contribution in [1.82, 2.24) is 0 Å². The number of nitrogens with two attached hydrogens (primary N) is 1. The number of nitrogen functional groups attached to an aromatic ring is 1. The van der Waals surface area contributed by atoms with Gasteiger partial charge in [0.15, 0.2) is 0 Å². The number of rotatable bonds is 6. The van der Waals surface area contributed by atoms with Crippen LogP contribution in [0.2, 0.25) is 0 Å². The van der Waals surface area contributed by atoms with E-state index in [0.717, 1.165) is 12.3 Å². The van der Waals surface area contributed by atoms with E-state index in [0.29, 0.717) is 18.3 Å². The van der Waals surface area contributed by atoms with Gasteiger partial charge in [-0.2, -0.15) is 0 Å². The van der Waals surface area contributed by atoms with E-state index in [4.69, 9.17) is 10.5 Å². The van der Waals surface area contributed by atoms with Crippen LogP contribution in [0.25, 0.3) is 0 Å². The molecule has 3 nitrogen and oxygen atoms in total. The third kappa shape index (κ3) is 2.90. The van der Waals surface area contributed by atoms with Crippen molar-refractivity contribution in [1.29, 1.82) is 0 Å². The molecule has 0 spiro atoms. The van der Waals surface area contributed by atoms with Gasteiger partial charge in [0, 0.05) is 22.7 Å². The summed E-state index contributed by atoms with van der Waals surface area (Å²) >= 11 is 1.81. The second-order valence-corrected chi connectivity index (χ2v) is 6.13. The maximum atomic E-state index is 5.96. The predicted molar refractivity (Wildman–Crippen MR) is 85.5 cm³/mol. The molecule has 0 atom stereocenters. The van der Waals surface area contributed by atoms with Crippen LogP contribution in [0, 0.1) is 0 Å². The van der Waals surface area contributed by atoms with Gasteiger partial charge in [-0.15, -0.1) is 11.3 Å². The van der Waals surface area contributed by atoms with Gasteiger partial charge in [0.2, 0.25) is 0 Å². The second kappa shape index (κ2) is 5.75. The standard InChI is InChI=1S/C16H20N2OS/c1-2-19-16-10-13(7-8-15(16)17)18(12-5-6-12)11-14-4-3-9-20-14/h3-4,7-10,12H,2,5-6,11,17H2,1H3. The van der Waals surface area contributed by atoms with Crippen molar-refractivity contribution in [3.63, 3.8) is 0 Å². The minimum Gasteiger partial charge on any atom is -0.492 e. The minimum atomic E-state index is 0.641. The molecule has 1 aliphatic rings. The molecule has 1 saturated carbocycles. The molecule has 1 fully saturated rings. The summed E-state index contributed by atoms with van der Waals surface area (Å²) in [6.07, 6.45) is 2.55. The lowest BCUT2D eigenvalue weighted by molar-refractivity contribution is 0.342. The highest BCUT2D eigenvalue weighted by molar-refractivity contribution is 7.09. The summed E-state index contributed by atoms with van der Waals surface area (Å²) in [5, 5.41) is 2.13. The number of nitrogens with zero attached hydrogens (tertiary/aromatic N) is 1. The molecule has 1 heterocycles. The van der Waals surface area contributed by atoms with Gasteiger partial charge >= 0.3 is 0 Å². The summed E-state index contributed by atoms with van der Waals surface area (Å²) < 4.78 is 5.61. The zero-order chi connectivity index (χ0) is 13.9. The minimum absolute atomic E-state index is 0.641. The first kappa shape index (κ1) is 13.3. The third-order valence-corrected chi connectivity index (χ3v) is 4.38. The van der Waals surface area contributed by atoms with Crippen LogP contribution in [-0.2, 0) is 6.54 Å². The van der Waals surface area contributed by atoms with Crippen LogP contribution in [0.4, 0.5) is 11.4 Å². The molecule has 0 radical (unpaired) electrons. The maximum Gasteiger partial charge on any atom is 0.144 e. The number of hydrogen-bond acceptors (Lipinski definition) is 4. The Morgan fingerprint density at radius 3 is 2.85 bits per heavy atom. The number of anilines is 2. The first-order chi connectivity index (χ1) is 9.78. The molecule has 0 amide bonds. The molecule has 3 rings (SSSR count). The van der Waals surface area contributed by atoms with Gasteiger partial charge in [-0.25, -0.2) is 0 Å². The Morgan fingerprint density at radius 1 is 1.35 bits per heavy atom. The van der Waals surface area contributed by atoms with Gasteiger partial charge in [0.25, 0.3) is 0 Å². The van der Waals surface area contributed by atoms with E-state index in [1.807, 2.05) is 24.3 Å². The number of thiophene rings is 1. The summed E-state index contributed by atoms with van der Waals surface area (Å²) in [7, 11) is 0. The van der Waals surface area contributed by atoms with Crippen molar-refractivity contribution >= 4 is 22.7 Å². The lowest BCUT2D eigenvalue weighted by atomic mass is 10.2. The topological polar surface area (TPSA) is 38.5 Å². The van der Waals surface area contributed by atoms with E-state index in [9.17, 15) is 0 Å². The Bertz CT molecular complexity index is 564. The summed E-state index contributed by atoms with van der Waals surface area (Å²) in [6, 6.07) is 11.1. The van der Waals surface area contributed by atoms with E-state index >= 15 is 0 Å². The number of benzene rings is 1. The lowest BCUT2D eigenvalue weighted by Crippen LogP contribution is -2.24. The monoisotopic (exact) mass is 288 g/mol. The van der Waals surface area contributed by atoms with E-state index < -0.39 is 0 Å². The Labute approximate surface area is 124 Å². The number of hydrogen-bond donors (Lipinski definition) is 1. The largest absolute Gasteiger partial charge is 0.492 e. The summed E-state index contributed by atoms with van der Waals surface area (Å²) in [6.45, 7) is 3.59. The Kier molecular flexibility index (Phi) is 3.83. The molecule has 0 bridgehead atoms. The molecule has 106 valence electrons. The van der Waals surface area contributed by atoms with Crippen molar-refractivity contribution in [3.8, 4) is 5.75 Å². The van der Waals surface area contributed by atoms with Crippen molar-refractivity contribution in [2.45, 2.75) is 32.4 Å². The maximum absolute atomic E-state index is 5.96. The normalized spacial score (nSPS) is 14.2. The highest BCUT2D eigenvalue weighted by Crippen LogP contribution is 2.36. The van der Waals surface area contributed by atoms with E-state index in [2.05, 4.69) is 34.5 Å². The molecule has 0 aliphatic heterocycles. The van der Waals surface area contributed by atoms with Crippen LogP contribution in [0.1, 0.15) is 24.6 Å². The first-order valence-corrected chi connectivity index (χ1v) is 7.97. The average molecular weight is 288 g/mol. The summed E-state index contributed by atoms with van der Waals surface area (Å²) in [5.74, 6) is 0.793. The highest BCUT2D eigenvalue weighted by atomic mass is 32.1. The average Bonchev–Trinajstić information content (AvgIpc) is 3.16. The molecule has 1 aromatic heterocycles. The van der Waals surface area contributed by atoms with Crippen molar-refractivity contribution in [2.24, 2.45) is 0 Å². The Morgan fingerprint density at radius 2 is 2.20 bits per heavy atom. The van der Waals surface area contributed by atoms with Gasteiger partial charge in [-0.3, -0.25) is 0 Å². The molecule has 20 heavy (non-hydrogen) atoms. The van der Waals surface area contributed by atoms with Crippen LogP contribution < -0.4 is 15.4 Å². The third-order valence-electron chi connectivity index (χ3n) is 3.52. The van der Waals surface area contributed by atoms with Crippen LogP contribution in [-0.4, -0.2) is 12.6 Å². The number of ether oxygens (including phenoxy) is 1. The molecule has 2 N–H and O–H groups in total. The van der Waals surface area contributed by atoms with Crippen molar-refractivity contribution < 1.29 is 4.74 Å². The van der Waals surface area contributed by atoms with Gasteiger partial charge in [-0.05, 0) is 43.3 Å². The molecule has 1 aliphatic carbocycles. The van der Waals surface area contributed by atoms with Gasteiger partial charge < -0.3 is 15.4 Å². The van der Waals surface area contributed by atoms with E-state index in [1.165, 1.54) is 23.4 Å². The summed E-state index contributed by atoms with van der Waals surface area (Å²) in [4.78, 5) is 3.86. The van der Waals surface area contributed by atoms with Gasteiger partial charge in [0.1, 0.15) is 5.75 Å². The fourth-order valence-corrected chi connectivity index (χ4v) is 3.07. The zero-order valence-corrected chi connectivity index (χ0v) is 12.5. The quantitative estimate of drug-likeness (QED) is 0.819. The van der Waals surface area contributed by atoms with Crippen LogP contribution in [0.15, 0.2) is 35.7 Å². The highest BCUT2D eigenvalue weighted by Gasteiger charge is 2.29. The molecule has 2 aromatic rings. The Balaban J connectivity index is 1.85. The van der Waals surface area contributed by atoms with Crippen LogP contribution in [0.3, 0.4) is 0 Å². The van der Waals surface area contributed by atoms with Crippen molar-refractivity contribution in [3.05, 3.63) is 40.6 Å². The van der Waals surface area contributed by atoms with E-state index in [-0.39, 0.29) is 0 Å². The summed E-state index contributed by atoms with van der Waals surface area (Å²) in [5.41, 5.74) is 7.88. The molecular weight excluding hydrogens is 268 g/mol. The Hall–Kier alpha value is -1.68.